The standard InChI is InChI=1S/2CH4N2OS.2CH4/c2*2-3-1(4)5;;/h2*2H2,(H2,3,4,5);2*1H4. The summed E-state index contributed by atoms with van der Waals surface area (Å²) in [5.74, 6) is 8.99. The lowest BCUT2D eigenvalue weighted by molar-refractivity contribution is 0.260. The monoisotopic (exact) mass is 216 g/mol. The first-order valence-electron chi connectivity index (χ1n) is 1.93. The Morgan fingerprint density at radius 3 is 1.00 bits per heavy atom. The normalized spacial score (nSPS) is 5.67. The van der Waals surface area contributed by atoms with E-state index in [9.17, 15) is 9.59 Å². The maximum atomic E-state index is 9.44. The van der Waals surface area contributed by atoms with Gasteiger partial charge in [0.25, 0.3) is 10.5 Å². The number of rotatable bonds is 0. The van der Waals surface area contributed by atoms with Crippen molar-refractivity contribution < 1.29 is 9.59 Å². The van der Waals surface area contributed by atoms with Gasteiger partial charge in [-0.05, 0) is 0 Å². The molecule has 0 rings (SSSR count). The smallest absolute Gasteiger partial charge is 0.285 e. The number of hydrogen-bond donors (Lipinski definition) is 6. The first kappa shape index (κ1) is 22.6. The maximum Gasteiger partial charge on any atom is 0.289 e. The minimum atomic E-state index is -0.523. The second-order valence-electron chi connectivity index (χ2n) is 0.899. The number of carbonyl (C=O) groups is 2. The highest BCUT2D eigenvalue weighted by molar-refractivity contribution is 7.96. The summed E-state index contributed by atoms with van der Waals surface area (Å²) >= 11 is 6.45. The first-order valence-corrected chi connectivity index (χ1v) is 2.83. The highest BCUT2D eigenvalue weighted by atomic mass is 32.1. The number of nitrogens with one attached hydrogen (secondary N) is 2. The second-order valence-corrected chi connectivity index (χ2v) is 1.71. The van der Waals surface area contributed by atoms with Gasteiger partial charge in [0.1, 0.15) is 0 Å². The van der Waals surface area contributed by atoms with Crippen LogP contribution in [0.1, 0.15) is 14.9 Å². The van der Waals surface area contributed by atoms with Crippen LogP contribution in [-0.2, 0) is 0 Å². The van der Waals surface area contributed by atoms with E-state index in [0.29, 0.717) is 0 Å². The zero-order valence-corrected chi connectivity index (χ0v) is 6.65. The Morgan fingerprint density at radius 1 is 0.917 bits per heavy atom. The van der Waals surface area contributed by atoms with Gasteiger partial charge in [-0.15, -0.1) is 0 Å². The number of hydrazine groups is 2. The molecule has 0 bridgehead atoms. The van der Waals surface area contributed by atoms with Crippen molar-refractivity contribution in [2.75, 3.05) is 0 Å². The van der Waals surface area contributed by atoms with Gasteiger partial charge in [-0.1, -0.05) is 40.1 Å². The Morgan fingerprint density at radius 2 is 1.00 bits per heavy atom. The molecule has 0 radical (unpaired) electrons. The molecule has 12 heavy (non-hydrogen) atoms. The van der Waals surface area contributed by atoms with E-state index < -0.39 is 10.5 Å². The average Bonchev–Trinajstić information content (AvgIpc) is 1.89. The average molecular weight is 216 g/mol. The van der Waals surface area contributed by atoms with Crippen molar-refractivity contribution in [1.29, 1.82) is 0 Å². The van der Waals surface area contributed by atoms with E-state index >= 15 is 0 Å². The molecule has 76 valence electrons. The fraction of sp³-hybridized carbons (Fsp3) is 0.500. The molecule has 0 saturated carbocycles. The van der Waals surface area contributed by atoms with Crippen LogP contribution < -0.4 is 22.5 Å². The molecule has 0 heterocycles. The van der Waals surface area contributed by atoms with Gasteiger partial charge in [-0.3, -0.25) is 20.4 Å². The van der Waals surface area contributed by atoms with Crippen LogP contribution in [0.2, 0.25) is 0 Å². The number of hydrogen-bond acceptors (Lipinski definition) is 4. The summed E-state index contributed by atoms with van der Waals surface area (Å²) in [6, 6.07) is 0. The third-order valence-corrected chi connectivity index (χ3v) is 0.505. The van der Waals surface area contributed by atoms with Crippen LogP contribution in [0.5, 0.6) is 0 Å². The van der Waals surface area contributed by atoms with E-state index in [1.807, 2.05) is 0 Å². The Labute approximate surface area is 83.2 Å². The van der Waals surface area contributed by atoms with Gasteiger partial charge in [0.2, 0.25) is 0 Å². The van der Waals surface area contributed by atoms with Crippen molar-refractivity contribution in [3.8, 4) is 0 Å². The minimum Gasteiger partial charge on any atom is -0.285 e. The van der Waals surface area contributed by atoms with Crippen molar-refractivity contribution in [2.45, 2.75) is 14.9 Å². The Bertz CT molecular complexity index is 108. The summed E-state index contributed by atoms with van der Waals surface area (Å²) in [5, 5.41) is -1.05. The van der Waals surface area contributed by atoms with Crippen LogP contribution in [0.3, 0.4) is 0 Å². The summed E-state index contributed by atoms with van der Waals surface area (Å²) in [5.41, 5.74) is 3.51. The summed E-state index contributed by atoms with van der Waals surface area (Å²) in [7, 11) is 0. The summed E-state index contributed by atoms with van der Waals surface area (Å²) in [6.07, 6.45) is 0. The van der Waals surface area contributed by atoms with Crippen LogP contribution in [0.15, 0.2) is 0 Å². The number of thiol groups is 2. The van der Waals surface area contributed by atoms with E-state index in [2.05, 4.69) is 36.9 Å². The molecule has 0 aliphatic carbocycles. The third kappa shape index (κ3) is 55.3. The van der Waals surface area contributed by atoms with Crippen molar-refractivity contribution in [3.05, 3.63) is 0 Å². The van der Waals surface area contributed by atoms with Crippen LogP contribution in [-0.4, -0.2) is 10.5 Å². The third-order valence-electron chi connectivity index (χ3n) is 0.247. The number of nitrogens with two attached hydrogens (primary N) is 2. The Hall–Kier alpha value is -0.440. The fourth-order valence-electron chi connectivity index (χ4n) is 0. The van der Waals surface area contributed by atoms with Crippen LogP contribution in [0, 0.1) is 0 Å². The minimum absolute atomic E-state index is 0. The molecular weight excluding hydrogens is 200 g/mol. The zero-order chi connectivity index (χ0) is 8.57. The molecule has 0 unspecified atom stereocenters. The van der Waals surface area contributed by atoms with Gasteiger partial charge in [0.05, 0.1) is 0 Å². The van der Waals surface area contributed by atoms with Gasteiger partial charge in [-0.25, -0.2) is 11.7 Å². The van der Waals surface area contributed by atoms with Crippen LogP contribution in [0.25, 0.3) is 0 Å². The molecular formula is C4H16N4O2S2. The quantitative estimate of drug-likeness (QED) is 0.151. The molecule has 0 fully saturated rings. The van der Waals surface area contributed by atoms with E-state index in [1.165, 1.54) is 0 Å². The first-order chi connectivity index (χ1) is 4.54. The van der Waals surface area contributed by atoms with Crippen LogP contribution in [0.4, 0.5) is 9.59 Å². The molecule has 0 saturated heterocycles. The molecule has 6 nitrogen and oxygen atoms in total. The SMILES string of the molecule is C.C.NNC(=O)S.NNC(=O)S. The van der Waals surface area contributed by atoms with Crippen molar-refractivity contribution in [3.63, 3.8) is 0 Å². The van der Waals surface area contributed by atoms with Crippen molar-refractivity contribution in [2.24, 2.45) is 11.7 Å². The Kier molecular flexibility index (Phi) is 31.7. The largest absolute Gasteiger partial charge is 0.289 e. The molecule has 0 aromatic carbocycles. The van der Waals surface area contributed by atoms with Crippen molar-refractivity contribution >= 4 is 35.7 Å². The second kappa shape index (κ2) is 16.9. The fourth-order valence-corrected chi connectivity index (χ4v) is 0. The van der Waals surface area contributed by atoms with Gasteiger partial charge in [0, 0.05) is 0 Å². The highest BCUT2D eigenvalue weighted by Gasteiger charge is 1.75. The maximum absolute atomic E-state index is 9.44. The molecule has 0 aliphatic heterocycles. The lowest BCUT2D eigenvalue weighted by Crippen LogP contribution is -2.23. The predicted octanol–water partition coefficient (Wildman–Crippen LogP) is 0.271. The van der Waals surface area contributed by atoms with Crippen molar-refractivity contribution in [1.82, 2.24) is 10.9 Å². The van der Waals surface area contributed by atoms with E-state index in [1.54, 1.807) is 10.9 Å². The van der Waals surface area contributed by atoms with Gasteiger partial charge in [-0.2, -0.15) is 0 Å². The van der Waals surface area contributed by atoms with E-state index in [0.717, 1.165) is 0 Å². The van der Waals surface area contributed by atoms with E-state index in [-0.39, 0.29) is 14.9 Å². The van der Waals surface area contributed by atoms with Gasteiger partial charge >= 0.3 is 0 Å². The topological polar surface area (TPSA) is 110 Å². The Balaban J connectivity index is -0.0000000457. The summed E-state index contributed by atoms with van der Waals surface area (Å²) in [4.78, 5) is 18.9. The lowest BCUT2D eigenvalue weighted by Gasteiger charge is -1.79. The molecule has 8 heteroatoms. The molecule has 2 amide bonds. The molecule has 0 spiro atoms. The molecule has 0 aliphatic rings. The van der Waals surface area contributed by atoms with E-state index in [4.69, 9.17) is 0 Å². The zero-order valence-electron chi connectivity index (χ0n) is 4.87. The van der Waals surface area contributed by atoms with Gasteiger partial charge in [0.15, 0.2) is 0 Å². The number of carbonyl (C=O) groups excluding carboxylic acids is 2. The van der Waals surface area contributed by atoms with Gasteiger partial charge < -0.3 is 0 Å². The number of amides is 2. The molecule has 6 N–H and O–H groups in total. The lowest BCUT2D eigenvalue weighted by atomic mass is 11.4. The molecule has 0 aromatic rings. The molecule has 0 aromatic heterocycles. The molecule has 0 atom stereocenters. The van der Waals surface area contributed by atoms with Crippen LogP contribution >= 0.6 is 25.3 Å². The predicted molar refractivity (Wildman–Crippen MR) is 56.9 cm³/mol. The highest BCUT2D eigenvalue weighted by Crippen LogP contribution is 1.66. The summed E-state index contributed by atoms with van der Waals surface area (Å²) in [6.45, 7) is 0. The summed E-state index contributed by atoms with van der Waals surface area (Å²) < 4.78 is 0.